The molecule has 0 saturated carbocycles. The Labute approximate surface area is 134 Å². The molecule has 0 aliphatic carbocycles. The van der Waals surface area contributed by atoms with Gasteiger partial charge in [0.15, 0.2) is 11.5 Å². The van der Waals surface area contributed by atoms with Crippen LogP contribution in [0.15, 0.2) is 21.9 Å². The summed E-state index contributed by atoms with van der Waals surface area (Å²) in [6, 6.07) is 2.48. The van der Waals surface area contributed by atoms with Gasteiger partial charge in [0, 0.05) is 12.5 Å². The maximum Gasteiger partial charge on any atom is 0.434 e. The topological polar surface area (TPSA) is 64.4 Å². The number of carbonyl (C=O) groups is 1. The number of nitrogens with one attached hydrogen (secondary N) is 1. The fourth-order valence-electron chi connectivity index (χ4n) is 1.87. The lowest BCUT2D eigenvalue weighted by atomic mass is 10.2. The number of thiazole rings is 1. The lowest BCUT2D eigenvalue weighted by Crippen LogP contribution is -2.27. The molecule has 2 aromatic rings. The molecule has 2 rings (SSSR count). The molecule has 0 spiro atoms. The Morgan fingerprint density at radius 1 is 1.48 bits per heavy atom. The van der Waals surface area contributed by atoms with Crippen LogP contribution < -0.4 is 5.32 Å². The molecule has 9 heteroatoms. The number of methoxy groups -OCH3 is 1. The number of furan rings is 1. The number of hydrogen-bond donors (Lipinski definition) is 1. The van der Waals surface area contributed by atoms with E-state index in [1.807, 2.05) is 0 Å². The minimum atomic E-state index is -4.49. The normalized spacial score (nSPS) is 13.1. The van der Waals surface area contributed by atoms with Gasteiger partial charge in [-0.3, -0.25) is 4.79 Å². The number of alkyl halides is 3. The average Bonchev–Trinajstić information content (AvgIpc) is 3.13. The number of rotatable bonds is 6. The van der Waals surface area contributed by atoms with Gasteiger partial charge >= 0.3 is 6.18 Å². The van der Waals surface area contributed by atoms with E-state index < -0.39 is 23.8 Å². The zero-order valence-corrected chi connectivity index (χ0v) is 13.3. The molecule has 5 nitrogen and oxygen atoms in total. The number of amides is 1. The second-order valence-corrected chi connectivity index (χ2v) is 5.59. The molecule has 2 aromatic heterocycles. The van der Waals surface area contributed by atoms with Gasteiger partial charge in [0.25, 0.3) is 5.91 Å². The number of halogens is 3. The molecular weight excluding hydrogens is 333 g/mol. The number of nitrogens with zero attached hydrogens (tertiary/aromatic N) is 1. The van der Waals surface area contributed by atoms with Gasteiger partial charge in [-0.2, -0.15) is 13.2 Å². The molecule has 1 N–H and O–H groups in total. The van der Waals surface area contributed by atoms with Crippen molar-refractivity contribution in [1.29, 1.82) is 0 Å². The van der Waals surface area contributed by atoms with Gasteiger partial charge < -0.3 is 14.5 Å². The van der Waals surface area contributed by atoms with Crippen LogP contribution in [0.1, 0.15) is 46.4 Å². The Bertz CT molecular complexity index is 666. The van der Waals surface area contributed by atoms with Gasteiger partial charge in [0.2, 0.25) is 0 Å². The van der Waals surface area contributed by atoms with E-state index in [4.69, 9.17) is 9.15 Å². The predicted octanol–water partition coefficient (Wildman–Crippen LogP) is 3.78. The largest absolute Gasteiger partial charge is 0.453 e. The third-order valence-electron chi connectivity index (χ3n) is 3.00. The molecular formula is C14H15F3N2O3S. The molecule has 0 saturated heterocycles. The van der Waals surface area contributed by atoms with Crippen molar-refractivity contribution in [3.05, 3.63) is 39.7 Å². The number of ether oxygens (including phenoxy) is 1. The number of aromatic nitrogens is 1. The zero-order chi connectivity index (χ0) is 17.0. The molecule has 0 unspecified atom stereocenters. The highest BCUT2D eigenvalue weighted by Crippen LogP contribution is 2.32. The van der Waals surface area contributed by atoms with E-state index in [-0.39, 0.29) is 17.4 Å². The van der Waals surface area contributed by atoms with E-state index >= 15 is 0 Å². The second-order valence-electron chi connectivity index (χ2n) is 4.70. The summed E-state index contributed by atoms with van der Waals surface area (Å²) in [5.74, 6) is 0.0466. The van der Waals surface area contributed by atoms with Crippen LogP contribution in [0.4, 0.5) is 13.2 Å². The summed E-state index contributed by atoms with van der Waals surface area (Å²) in [4.78, 5) is 15.7. The molecule has 0 aromatic carbocycles. The molecule has 1 atom stereocenters. The standard InChI is InChI=1S/C14H15F3N2O3S/c1-3-9(13-19-11(7-23-13)14(15,16)17)18-12(20)10-5-4-8(22-10)6-21-2/h4-5,7,9H,3,6H2,1-2H3,(H,18,20)/t9-/m1/s1. The Kier molecular flexibility index (Phi) is 5.42. The summed E-state index contributed by atoms with van der Waals surface area (Å²) in [5.41, 5.74) is -0.953. The van der Waals surface area contributed by atoms with Crippen molar-refractivity contribution in [3.8, 4) is 0 Å². The Morgan fingerprint density at radius 2 is 2.22 bits per heavy atom. The van der Waals surface area contributed by atoms with E-state index in [1.54, 1.807) is 13.0 Å². The average molecular weight is 348 g/mol. The highest BCUT2D eigenvalue weighted by atomic mass is 32.1. The maximum absolute atomic E-state index is 12.6. The smallest absolute Gasteiger partial charge is 0.434 e. The molecule has 2 heterocycles. The summed E-state index contributed by atoms with van der Waals surface area (Å²) in [6.07, 6.45) is -4.09. The van der Waals surface area contributed by atoms with Gasteiger partial charge in [-0.05, 0) is 18.6 Å². The van der Waals surface area contributed by atoms with Crippen molar-refractivity contribution in [3.63, 3.8) is 0 Å². The minimum absolute atomic E-state index is 0.0723. The van der Waals surface area contributed by atoms with Gasteiger partial charge in [-0.25, -0.2) is 4.98 Å². The van der Waals surface area contributed by atoms with E-state index in [1.165, 1.54) is 13.2 Å². The van der Waals surface area contributed by atoms with Gasteiger partial charge in [-0.1, -0.05) is 6.92 Å². The van der Waals surface area contributed by atoms with Crippen molar-refractivity contribution >= 4 is 17.2 Å². The Balaban J connectivity index is 2.09. The molecule has 1 amide bonds. The monoisotopic (exact) mass is 348 g/mol. The first-order chi connectivity index (χ1) is 10.8. The Hall–Kier alpha value is -1.87. The number of hydrogen-bond acceptors (Lipinski definition) is 5. The Morgan fingerprint density at radius 3 is 2.78 bits per heavy atom. The quantitative estimate of drug-likeness (QED) is 0.863. The fraction of sp³-hybridized carbons (Fsp3) is 0.429. The molecule has 0 aliphatic heterocycles. The second kappa shape index (κ2) is 7.14. The van der Waals surface area contributed by atoms with Crippen LogP contribution in [-0.2, 0) is 17.5 Å². The molecule has 126 valence electrons. The maximum atomic E-state index is 12.6. The van der Waals surface area contributed by atoms with Gasteiger partial charge in [0.1, 0.15) is 17.4 Å². The van der Waals surface area contributed by atoms with Crippen LogP contribution in [0.25, 0.3) is 0 Å². The zero-order valence-electron chi connectivity index (χ0n) is 12.4. The van der Waals surface area contributed by atoms with E-state index in [0.29, 0.717) is 12.2 Å². The first kappa shape index (κ1) is 17.5. The van der Waals surface area contributed by atoms with E-state index in [2.05, 4.69) is 10.3 Å². The van der Waals surface area contributed by atoms with Crippen molar-refractivity contribution in [2.75, 3.05) is 7.11 Å². The van der Waals surface area contributed by atoms with Crippen LogP contribution in [-0.4, -0.2) is 18.0 Å². The first-order valence-electron chi connectivity index (χ1n) is 6.76. The molecule has 0 radical (unpaired) electrons. The summed E-state index contributed by atoms with van der Waals surface area (Å²) in [7, 11) is 1.50. The van der Waals surface area contributed by atoms with Crippen molar-refractivity contribution in [2.24, 2.45) is 0 Å². The van der Waals surface area contributed by atoms with Crippen LogP contribution in [0.5, 0.6) is 0 Å². The predicted molar refractivity (Wildman–Crippen MR) is 77.0 cm³/mol. The molecule has 0 aliphatic rings. The fourth-order valence-corrected chi connectivity index (χ4v) is 2.83. The molecule has 0 bridgehead atoms. The lowest BCUT2D eigenvalue weighted by molar-refractivity contribution is -0.140. The third kappa shape index (κ3) is 4.32. The van der Waals surface area contributed by atoms with Crippen LogP contribution >= 0.6 is 11.3 Å². The van der Waals surface area contributed by atoms with Crippen LogP contribution in [0, 0.1) is 0 Å². The van der Waals surface area contributed by atoms with Gasteiger partial charge in [-0.15, -0.1) is 11.3 Å². The van der Waals surface area contributed by atoms with Crippen molar-refractivity contribution < 1.29 is 27.1 Å². The third-order valence-corrected chi connectivity index (χ3v) is 3.95. The van der Waals surface area contributed by atoms with Gasteiger partial charge in [0.05, 0.1) is 6.04 Å². The molecule has 0 fully saturated rings. The lowest BCUT2D eigenvalue weighted by Gasteiger charge is -2.13. The summed E-state index contributed by atoms with van der Waals surface area (Å²) < 4.78 is 48.0. The highest BCUT2D eigenvalue weighted by Gasteiger charge is 2.34. The molecule has 23 heavy (non-hydrogen) atoms. The first-order valence-corrected chi connectivity index (χ1v) is 7.64. The summed E-state index contributed by atoms with van der Waals surface area (Å²) in [6.45, 7) is 1.98. The summed E-state index contributed by atoms with van der Waals surface area (Å²) in [5, 5.41) is 3.77. The van der Waals surface area contributed by atoms with E-state index in [9.17, 15) is 18.0 Å². The SMILES string of the molecule is CC[C@@H](NC(=O)c1ccc(COC)o1)c1nc(C(F)(F)F)cs1. The van der Waals surface area contributed by atoms with Crippen molar-refractivity contribution in [1.82, 2.24) is 10.3 Å². The minimum Gasteiger partial charge on any atom is -0.453 e. The van der Waals surface area contributed by atoms with Crippen molar-refractivity contribution in [2.45, 2.75) is 32.2 Å². The highest BCUT2D eigenvalue weighted by molar-refractivity contribution is 7.09. The van der Waals surface area contributed by atoms with Crippen LogP contribution in [0.2, 0.25) is 0 Å². The number of carbonyl (C=O) groups excluding carboxylic acids is 1. The summed E-state index contributed by atoms with van der Waals surface area (Å²) >= 11 is 0.863. The van der Waals surface area contributed by atoms with E-state index in [0.717, 1.165) is 16.7 Å². The van der Waals surface area contributed by atoms with Crippen LogP contribution in [0.3, 0.4) is 0 Å².